The van der Waals surface area contributed by atoms with Gasteiger partial charge in [-0.25, -0.2) is 0 Å². The van der Waals surface area contributed by atoms with Crippen molar-refractivity contribution in [2.75, 3.05) is 6.61 Å². The molecule has 1 N–H and O–H groups in total. The van der Waals surface area contributed by atoms with Gasteiger partial charge < -0.3 is 10.1 Å². The van der Waals surface area contributed by atoms with Crippen molar-refractivity contribution in [1.29, 1.82) is 0 Å². The topological polar surface area (TPSA) is 38.3 Å². The van der Waals surface area contributed by atoms with Crippen LogP contribution in [0.5, 0.6) is 5.75 Å². The predicted octanol–water partition coefficient (Wildman–Crippen LogP) is 3.31. The molecular weight excluding hydrogens is 294 g/mol. The van der Waals surface area contributed by atoms with Crippen LogP contribution in [0.3, 0.4) is 0 Å². The normalized spacial score (nSPS) is 11.2. The van der Waals surface area contributed by atoms with Gasteiger partial charge in [-0.1, -0.05) is 13.0 Å². The second-order valence-corrected chi connectivity index (χ2v) is 6.06. The molecular formula is C14H20BrNO2. The minimum Gasteiger partial charge on any atom is -0.483 e. The smallest absolute Gasteiger partial charge is 0.258 e. The lowest BCUT2D eigenvalue weighted by atomic mass is 10.1. The van der Waals surface area contributed by atoms with Gasteiger partial charge in [0.25, 0.3) is 5.91 Å². The van der Waals surface area contributed by atoms with E-state index < -0.39 is 0 Å². The maximum atomic E-state index is 11.6. The lowest BCUT2D eigenvalue weighted by Gasteiger charge is -2.20. The molecule has 0 unspecified atom stereocenters. The van der Waals surface area contributed by atoms with Crippen LogP contribution in [0.25, 0.3) is 0 Å². The second kappa shape index (κ2) is 6.23. The highest BCUT2D eigenvalue weighted by Crippen LogP contribution is 2.26. The summed E-state index contributed by atoms with van der Waals surface area (Å²) in [5.74, 6) is 0.574. The van der Waals surface area contributed by atoms with Gasteiger partial charge in [-0.15, -0.1) is 0 Å². The Morgan fingerprint density at radius 2 is 2.06 bits per heavy atom. The van der Waals surface area contributed by atoms with Crippen molar-refractivity contribution in [2.45, 2.75) is 39.7 Å². The molecule has 0 aliphatic heterocycles. The van der Waals surface area contributed by atoms with Crippen LogP contribution in [0.4, 0.5) is 0 Å². The molecule has 1 aromatic rings. The first kappa shape index (κ1) is 15.0. The number of hydrogen-bond acceptors (Lipinski definition) is 2. The molecule has 0 aliphatic carbocycles. The molecule has 0 heterocycles. The van der Waals surface area contributed by atoms with Crippen molar-refractivity contribution in [3.8, 4) is 5.75 Å². The van der Waals surface area contributed by atoms with Crippen molar-refractivity contribution in [3.05, 3.63) is 28.2 Å². The van der Waals surface area contributed by atoms with Crippen LogP contribution in [-0.2, 0) is 11.2 Å². The molecule has 0 saturated heterocycles. The largest absolute Gasteiger partial charge is 0.483 e. The Kier molecular flexibility index (Phi) is 5.20. The molecule has 0 spiro atoms. The number of amides is 1. The molecule has 0 bridgehead atoms. The van der Waals surface area contributed by atoms with Crippen molar-refractivity contribution < 1.29 is 9.53 Å². The number of aryl methyl sites for hydroxylation is 1. The van der Waals surface area contributed by atoms with Crippen molar-refractivity contribution in [3.63, 3.8) is 0 Å². The van der Waals surface area contributed by atoms with Crippen LogP contribution in [0.15, 0.2) is 22.7 Å². The van der Waals surface area contributed by atoms with Crippen LogP contribution in [0, 0.1) is 0 Å². The number of benzene rings is 1. The van der Waals surface area contributed by atoms with E-state index in [4.69, 9.17) is 4.74 Å². The molecule has 4 heteroatoms. The molecule has 1 amide bonds. The van der Waals surface area contributed by atoms with E-state index in [2.05, 4.69) is 28.2 Å². The zero-order valence-electron chi connectivity index (χ0n) is 11.3. The van der Waals surface area contributed by atoms with Crippen LogP contribution in [0.1, 0.15) is 33.3 Å². The minimum absolute atomic E-state index is 0.0291. The summed E-state index contributed by atoms with van der Waals surface area (Å²) < 4.78 is 6.37. The number of carbonyl (C=O) groups is 1. The van der Waals surface area contributed by atoms with E-state index in [-0.39, 0.29) is 18.1 Å². The fourth-order valence-electron chi connectivity index (χ4n) is 1.48. The lowest BCUT2D eigenvalue weighted by molar-refractivity contribution is -0.124. The third-order valence-corrected chi connectivity index (χ3v) is 2.90. The Morgan fingerprint density at radius 1 is 1.39 bits per heavy atom. The van der Waals surface area contributed by atoms with Gasteiger partial charge in [-0.05, 0) is 60.8 Å². The highest BCUT2D eigenvalue weighted by atomic mass is 79.9. The summed E-state index contributed by atoms with van der Waals surface area (Å²) in [7, 11) is 0. The Morgan fingerprint density at radius 3 is 2.56 bits per heavy atom. The quantitative estimate of drug-likeness (QED) is 0.926. The van der Waals surface area contributed by atoms with E-state index in [1.54, 1.807) is 0 Å². The summed E-state index contributed by atoms with van der Waals surface area (Å²) in [6.07, 6.45) is 0.976. The Balaban J connectivity index is 2.56. The van der Waals surface area contributed by atoms with E-state index in [9.17, 15) is 4.79 Å². The average molecular weight is 314 g/mol. The second-order valence-electron chi connectivity index (χ2n) is 5.21. The maximum absolute atomic E-state index is 11.6. The van der Waals surface area contributed by atoms with Crippen LogP contribution in [0.2, 0.25) is 0 Å². The summed E-state index contributed by atoms with van der Waals surface area (Å²) in [6, 6.07) is 5.89. The summed E-state index contributed by atoms with van der Waals surface area (Å²) in [6.45, 7) is 7.95. The highest BCUT2D eigenvalue weighted by Gasteiger charge is 2.14. The standard InChI is InChI=1S/C14H20BrNO2/c1-5-10-6-7-12(11(15)8-10)18-9-13(17)16-14(2,3)4/h6-8H,5,9H2,1-4H3,(H,16,17). The molecule has 0 saturated carbocycles. The fourth-order valence-corrected chi connectivity index (χ4v) is 2.02. The Labute approximate surface area is 117 Å². The number of ether oxygens (including phenoxy) is 1. The monoisotopic (exact) mass is 313 g/mol. The third-order valence-electron chi connectivity index (χ3n) is 2.28. The van der Waals surface area contributed by atoms with E-state index in [0.29, 0.717) is 5.75 Å². The number of halogens is 1. The zero-order valence-corrected chi connectivity index (χ0v) is 12.9. The third kappa shape index (κ3) is 5.08. The van der Waals surface area contributed by atoms with E-state index in [1.807, 2.05) is 39.0 Å². The average Bonchev–Trinajstić information content (AvgIpc) is 2.25. The Hall–Kier alpha value is -1.03. The maximum Gasteiger partial charge on any atom is 0.258 e. The highest BCUT2D eigenvalue weighted by molar-refractivity contribution is 9.10. The predicted molar refractivity (Wildman–Crippen MR) is 76.9 cm³/mol. The zero-order chi connectivity index (χ0) is 13.8. The molecule has 18 heavy (non-hydrogen) atoms. The summed E-state index contributed by atoms with van der Waals surface area (Å²) >= 11 is 3.44. The first-order valence-electron chi connectivity index (χ1n) is 6.04. The number of nitrogens with one attached hydrogen (secondary N) is 1. The summed E-state index contributed by atoms with van der Waals surface area (Å²) in [5.41, 5.74) is 0.998. The van der Waals surface area contributed by atoms with Crippen LogP contribution in [-0.4, -0.2) is 18.1 Å². The molecule has 3 nitrogen and oxygen atoms in total. The molecule has 0 aromatic heterocycles. The van der Waals surface area contributed by atoms with Crippen LogP contribution >= 0.6 is 15.9 Å². The van der Waals surface area contributed by atoms with E-state index in [0.717, 1.165) is 10.9 Å². The van der Waals surface area contributed by atoms with Crippen molar-refractivity contribution >= 4 is 21.8 Å². The molecule has 0 fully saturated rings. The van der Waals surface area contributed by atoms with Gasteiger partial charge >= 0.3 is 0 Å². The number of hydrogen-bond donors (Lipinski definition) is 1. The molecule has 0 radical (unpaired) electrons. The summed E-state index contributed by atoms with van der Waals surface area (Å²) in [5, 5.41) is 2.85. The van der Waals surface area contributed by atoms with Gasteiger partial charge in [0.2, 0.25) is 0 Å². The summed E-state index contributed by atoms with van der Waals surface area (Å²) in [4.78, 5) is 11.6. The minimum atomic E-state index is -0.232. The van der Waals surface area contributed by atoms with Gasteiger partial charge in [0, 0.05) is 5.54 Å². The van der Waals surface area contributed by atoms with Gasteiger partial charge in [-0.2, -0.15) is 0 Å². The first-order chi connectivity index (χ1) is 8.31. The SMILES string of the molecule is CCc1ccc(OCC(=O)NC(C)(C)C)c(Br)c1. The number of rotatable bonds is 4. The van der Waals surface area contributed by atoms with Gasteiger partial charge in [0.1, 0.15) is 5.75 Å². The molecule has 100 valence electrons. The van der Waals surface area contributed by atoms with Gasteiger partial charge in [0.05, 0.1) is 4.47 Å². The molecule has 1 rings (SSSR count). The van der Waals surface area contributed by atoms with Gasteiger partial charge in [-0.3, -0.25) is 4.79 Å². The van der Waals surface area contributed by atoms with Crippen LogP contribution < -0.4 is 10.1 Å². The van der Waals surface area contributed by atoms with E-state index >= 15 is 0 Å². The Bertz CT molecular complexity index is 424. The lowest BCUT2D eigenvalue weighted by Crippen LogP contribution is -2.43. The van der Waals surface area contributed by atoms with Crippen molar-refractivity contribution in [2.24, 2.45) is 0 Å². The number of carbonyl (C=O) groups excluding carboxylic acids is 1. The molecule has 1 aromatic carbocycles. The molecule has 0 atom stereocenters. The molecule has 0 aliphatic rings. The fraction of sp³-hybridized carbons (Fsp3) is 0.500. The van der Waals surface area contributed by atoms with Crippen molar-refractivity contribution in [1.82, 2.24) is 5.32 Å². The van der Waals surface area contributed by atoms with E-state index in [1.165, 1.54) is 5.56 Å². The first-order valence-corrected chi connectivity index (χ1v) is 6.83. The van der Waals surface area contributed by atoms with Gasteiger partial charge in [0.15, 0.2) is 6.61 Å².